The molecular formula is C19H20O. The van der Waals surface area contributed by atoms with Crippen molar-refractivity contribution in [2.24, 2.45) is 0 Å². The van der Waals surface area contributed by atoms with E-state index in [0.717, 1.165) is 22.3 Å². The van der Waals surface area contributed by atoms with E-state index in [0.29, 0.717) is 5.92 Å². The Kier molecular flexibility index (Phi) is 3.43. The Morgan fingerprint density at radius 2 is 1.65 bits per heavy atom. The zero-order valence-corrected chi connectivity index (χ0v) is 12.1. The fraction of sp³-hybridized carbons (Fsp3) is 0.316. The highest BCUT2D eigenvalue weighted by molar-refractivity contribution is 6.09. The van der Waals surface area contributed by atoms with Gasteiger partial charge in [0.2, 0.25) is 0 Å². The summed E-state index contributed by atoms with van der Waals surface area (Å²) in [5, 5.41) is 0. The highest BCUT2D eigenvalue weighted by Gasteiger charge is 2.20. The zero-order chi connectivity index (χ0) is 14.1. The van der Waals surface area contributed by atoms with Crippen molar-refractivity contribution in [2.75, 3.05) is 0 Å². The van der Waals surface area contributed by atoms with Crippen molar-refractivity contribution < 1.29 is 4.79 Å². The molecule has 20 heavy (non-hydrogen) atoms. The third kappa shape index (κ3) is 2.53. The second-order valence-electron chi connectivity index (χ2n) is 5.96. The van der Waals surface area contributed by atoms with Gasteiger partial charge < -0.3 is 0 Å². The molecule has 1 aliphatic carbocycles. The monoisotopic (exact) mass is 264 g/mol. The number of hydrogen-bond acceptors (Lipinski definition) is 1. The van der Waals surface area contributed by atoms with Crippen LogP contribution in [0.3, 0.4) is 0 Å². The van der Waals surface area contributed by atoms with Crippen LogP contribution < -0.4 is 0 Å². The molecule has 0 bridgehead atoms. The number of carbonyl (C=O) groups excluding carboxylic acids is 1. The molecule has 3 rings (SSSR count). The minimum atomic E-state index is 0.137. The van der Waals surface area contributed by atoms with E-state index in [1.54, 1.807) is 0 Å². The quantitative estimate of drug-likeness (QED) is 0.728. The van der Waals surface area contributed by atoms with Crippen molar-refractivity contribution in [1.29, 1.82) is 0 Å². The summed E-state index contributed by atoms with van der Waals surface area (Å²) >= 11 is 0. The van der Waals surface area contributed by atoms with E-state index in [2.05, 4.69) is 18.2 Å². The van der Waals surface area contributed by atoms with E-state index >= 15 is 0 Å². The van der Waals surface area contributed by atoms with Gasteiger partial charge in [-0.25, -0.2) is 0 Å². The lowest BCUT2D eigenvalue weighted by Gasteiger charge is -2.26. The van der Waals surface area contributed by atoms with Crippen molar-refractivity contribution in [1.82, 2.24) is 0 Å². The molecule has 2 aromatic carbocycles. The van der Waals surface area contributed by atoms with Gasteiger partial charge in [-0.15, -0.1) is 0 Å². The topological polar surface area (TPSA) is 17.1 Å². The van der Waals surface area contributed by atoms with Crippen LogP contribution in [0, 0.1) is 13.8 Å². The maximum Gasteiger partial charge on any atom is 0.193 e. The predicted molar refractivity (Wildman–Crippen MR) is 82.4 cm³/mol. The predicted octanol–water partition coefficient (Wildman–Crippen LogP) is 4.80. The lowest BCUT2D eigenvalue weighted by Crippen LogP contribution is -2.10. The van der Waals surface area contributed by atoms with Crippen molar-refractivity contribution in [3.8, 4) is 0 Å². The second-order valence-corrected chi connectivity index (χ2v) is 5.96. The molecule has 0 aliphatic heterocycles. The fourth-order valence-corrected chi connectivity index (χ4v) is 2.95. The molecule has 0 spiro atoms. The van der Waals surface area contributed by atoms with Gasteiger partial charge in [0.1, 0.15) is 0 Å². The van der Waals surface area contributed by atoms with Crippen LogP contribution in [-0.2, 0) is 0 Å². The third-order valence-corrected chi connectivity index (χ3v) is 4.21. The molecule has 2 aromatic rings. The molecule has 1 aliphatic rings. The summed E-state index contributed by atoms with van der Waals surface area (Å²) in [6.45, 7) is 4.07. The minimum Gasteiger partial charge on any atom is -0.289 e. The first-order valence-corrected chi connectivity index (χ1v) is 7.36. The molecule has 0 saturated heterocycles. The zero-order valence-electron chi connectivity index (χ0n) is 12.1. The number of benzene rings is 2. The maximum absolute atomic E-state index is 12.6. The Labute approximate surface area is 120 Å². The average Bonchev–Trinajstić information content (AvgIpc) is 2.35. The van der Waals surface area contributed by atoms with Gasteiger partial charge in [-0.1, -0.05) is 41.8 Å². The van der Waals surface area contributed by atoms with Crippen LogP contribution in [0.1, 0.15) is 57.8 Å². The summed E-state index contributed by atoms with van der Waals surface area (Å²) in [5.74, 6) is 0.806. The number of aryl methyl sites for hydroxylation is 2. The summed E-state index contributed by atoms with van der Waals surface area (Å²) in [5.41, 5.74) is 5.23. The first kappa shape index (κ1) is 13.1. The molecule has 0 amide bonds. The van der Waals surface area contributed by atoms with Crippen molar-refractivity contribution in [3.63, 3.8) is 0 Å². The van der Waals surface area contributed by atoms with E-state index < -0.39 is 0 Å². The van der Waals surface area contributed by atoms with Gasteiger partial charge in [-0.2, -0.15) is 0 Å². The third-order valence-electron chi connectivity index (χ3n) is 4.21. The highest BCUT2D eigenvalue weighted by Crippen LogP contribution is 2.36. The summed E-state index contributed by atoms with van der Waals surface area (Å²) in [4.78, 5) is 12.6. The van der Waals surface area contributed by atoms with E-state index in [1.165, 1.54) is 24.8 Å². The van der Waals surface area contributed by atoms with Crippen molar-refractivity contribution in [2.45, 2.75) is 39.0 Å². The second kappa shape index (κ2) is 5.24. The molecule has 0 unspecified atom stereocenters. The van der Waals surface area contributed by atoms with E-state index in [1.807, 2.05) is 38.1 Å². The maximum atomic E-state index is 12.6. The summed E-state index contributed by atoms with van der Waals surface area (Å²) in [6, 6.07) is 14.2. The lowest BCUT2D eigenvalue weighted by atomic mass is 9.79. The van der Waals surface area contributed by atoms with E-state index in [4.69, 9.17) is 0 Å². The van der Waals surface area contributed by atoms with Crippen LogP contribution in [0.15, 0.2) is 42.5 Å². The molecule has 0 aromatic heterocycles. The molecule has 1 heteroatoms. The van der Waals surface area contributed by atoms with Crippen LogP contribution in [0.5, 0.6) is 0 Å². The van der Waals surface area contributed by atoms with Gasteiger partial charge in [0.05, 0.1) is 0 Å². The average molecular weight is 264 g/mol. The number of ketones is 1. The van der Waals surface area contributed by atoms with Gasteiger partial charge in [0.25, 0.3) is 0 Å². The molecule has 0 N–H and O–H groups in total. The van der Waals surface area contributed by atoms with Crippen LogP contribution in [0.4, 0.5) is 0 Å². The van der Waals surface area contributed by atoms with Crippen molar-refractivity contribution in [3.05, 3.63) is 70.3 Å². The number of hydrogen-bond donors (Lipinski definition) is 0. The smallest absolute Gasteiger partial charge is 0.193 e. The lowest BCUT2D eigenvalue weighted by molar-refractivity contribution is 0.103. The Balaban J connectivity index is 1.93. The number of rotatable bonds is 3. The summed E-state index contributed by atoms with van der Waals surface area (Å²) in [7, 11) is 0. The Bertz CT molecular complexity index is 630. The minimum absolute atomic E-state index is 0.137. The fourth-order valence-electron chi connectivity index (χ4n) is 2.95. The summed E-state index contributed by atoms with van der Waals surface area (Å²) in [6.07, 6.45) is 3.85. The number of carbonyl (C=O) groups is 1. The van der Waals surface area contributed by atoms with E-state index in [-0.39, 0.29) is 5.78 Å². The standard InChI is InChI=1S/C19H20O/c1-13-9-14(2)11-18(10-13)19(20)17-8-4-7-16(12-17)15-5-3-6-15/h4,7-12,15H,3,5-6H2,1-2H3. The van der Waals surface area contributed by atoms with E-state index in [9.17, 15) is 4.79 Å². The first-order chi connectivity index (χ1) is 9.63. The normalized spacial score (nSPS) is 14.9. The Morgan fingerprint density at radius 3 is 2.25 bits per heavy atom. The summed E-state index contributed by atoms with van der Waals surface area (Å²) < 4.78 is 0. The van der Waals surface area contributed by atoms with Crippen LogP contribution in [0.2, 0.25) is 0 Å². The van der Waals surface area contributed by atoms with Crippen LogP contribution in [-0.4, -0.2) is 5.78 Å². The molecular weight excluding hydrogens is 244 g/mol. The molecule has 1 nitrogen and oxygen atoms in total. The molecule has 1 saturated carbocycles. The van der Waals surface area contributed by atoms with Gasteiger partial charge in [0.15, 0.2) is 5.78 Å². The van der Waals surface area contributed by atoms with Crippen molar-refractivity contribution >= 4 is 5.78 Å². The van der Waals surface area contributed by atoms with Gasteiger partial charge in [-0.3, -0.25) is 4.79 Å². The SMILES string of the molecule is Cc1cc(C)cc(C(=O)c2cccc(C3CCC3)c2)c1. The molecule has 0 atom stereocenters. The molecule has 0 heterocycles. The highest BCUT2D eigenvalue weighted by atomic mass is 16.1. The van der Waals surface area contributed by atoms with Gasteiger partial charge in [0, 0.05) is 11.1 Å². The largest absolute Gasteiger partial charge is 0.289 e. The van der Waals surface area contributed by atoms with Crippen LogP contribution >= 0.6 is 0 Å². The Morgan fingerprint density at radius 1 is 0.950 bits per heavy atom. The molecule has 0 radical (unpaired) electrons. The van der Waals surface area contributed by atoms with Gasteiger partial charge in [-0.05, 0) is 56.4 Å². The first-order valence-electron chi connectivity index (χ1n) is 7.36. The van der Waals surface area contributed by atoms with Crippen LogP contribution in [0.25, 0.3) is 0 Å². The molecule has 102 valence electrons. The molecule has 1 fully saturated rings. The Hall–Kier alpha value is -1.89. The van der Waals surface area contributed by atoms with Gasteiger partial charge >= 0.3 is 0 Å².